The van der Waals surface area contributed by atoms with Crippen molar-refractivity contribution in [2.45, 2.75) is 33.4 Å². The monoisotopic (exact) mass is 294 g/mol. The Morgan fingerprint density at radius 1 is 1.29 bits per heavy atom. The average Bonchev–Trinajstić information content (AvgIpc) is 2.49. The fourth-order valence-corrected chi connectivity index (χ4v) is 2.16. The van der Waals surface area contributed by atoms with Gasteiger partial charge in [0.15, 0.2) is 17.6 Å². The molecule has 0 aliphatic carbocycles. The van der Waals surface area contributed by atoms with Crippen LogP contribution in [0.4, 0.5) is 0 Å². The van der Waals surface area contributed by atoms with E-state index in [0.29, 0.717) is 24.6 Å². The number of hydrogen-bond donors (Lipinski definition) is 1. The van der Waals surface area contributed by atoms with Gasteiger partial charge in [-0.1, -0.05) is 6.07 Å². The minimum Gasteiger partial charge on any atom is -0.493 e. The van der Waals surface area contributed by atoms with Crippen LogP contribution in [0.1, 0.15) is 26.3 Å². The van der Waals surface area contributed by atoms with Gasteiger partial charge in [-0.25, -0.2) is 0 Å². The summed E-state index contributed by atoms with van der Waals surface area (Å²) in [5.41, 5.74) is 1.08. The normalized spacial score (nSPS) is 11.9. The fraction of sp³-hybridized carbons (Fsp3) is 0.562. The van der Waals surface area contributed by atoms with Gasteiger partial charge in [-0.15, -0.1) is 0 Å². The van der Waals surface area contributed by atoms with E-state index in [-0.39, 0.29) is 5.91 Å². The van der Waals surface area contributed by atoms with Crippen LogP contribution in [-0.2, 0) is 11.3 Å². The summed E-state index contributed by atoms with van der Waals surface area (Å²) in [6, 6.07) is 5.73. The van der Waals surface area contributed by atoms with Crippen LogP contribution in [0.2, 0.25) is 0 Å². The van der Waals surface area contributed by atoms with Crippen molar-refractivity contribution in [3.8, 4) is 11.5 Å². The summed E-state index contributed by atoms with van der Waals surface area (Å²) in [6.07, 6.45) is -0.538. The molecule has 0 saturated carbocycles. The molecule has 0 bridgehead atoms. The van der Waals surface area contributed by atoms with Crippen LogP contribution >= 0.6 is 0 Å². The van der Waals surface area contributed by atoms with Crippen molar-refractivity contribution in [3.63, 3.8) is 0 Å². The maximum Gasteiger partial charge on any atom is 0.263 e. The maximum atomic E-state index is 12.3. The molecule has 0 saturated heterocycles. The summed E-state index contributed by atoms with van der Waals surface area (Å²) in [6.45, 7) is 7.79. The molecule has 118 valence electrons. The number of rotatable bonds is 8. The van der Waals surface area contributed by atoms with E-state index in [4.69, 9.17) is 9.47 Å². The molecule has 0 radical (unpaired) electrons. The van der Waals surface area contributed by atoms with Gasteiger partial charge in [0, 0.05) is 19.6 Å². The van der Waals surface area contributed by atoms with E-state index in [1.807, 2.05) is 39.1 Å². The van der Waals surface area contributed by atoms with Crippen LogP contribution in [0.15, 0.2) is 18.2 Å². The molecule has 1 N–H and O–H groups in total. The highest BCUT2D eigenvalue weighted by molar-refractivity contribution is 5.81. The standard InChI is InChI=1S/C16H26N2O3/c1-6-18(7-2)16(19)12(3)21-15-10-13(11-17-4)8-9-14(15)20-5/h8-10,12,17H,6-7,11H2,1-5H3. The van der Waals surface area contributed by atoms with Gasteiger partial charge in [-0.3, -0.25) is 4.79 Å². The summed E-state index contributed by atoms with van der Waals surface area (Å²) in [4.78, 5) is 14.0. The van der Waals surface area contributed by atoms with Crippen molar-refractivity contribution in [2.24, 2.45) is 0 Å². The van der Waals surface area contributed by atoms with Crippen LogP contribution in [0, 0.1) is 0 Å². The van der Waals surface area contributed by atoms with E-state index in [1.54, 1.807) is 18.9 Å². The van der Waals surface area contributed by atoms with Gasteiger partial charge in [0.05, 0.1) is 7.11 Å². The SMILES string of the molecule is CCN(CC)C(=O)C(C)Oc1cc(CNC)ccc1OC. The molecule has 0 heterocycles. The number of nitrogens with zero attached hydrogens (tertiary/aromatic N) is 1. The zero-order valence-corrected chi connectivity index (χ0v) is 13.6. The Bertz CT molecular complexity index is 459. The number of methoxy groups -OCH3 is 1. The van der Waals surface area contributed by atoms with Crippen molar-refractivity contribution in [1.29, 1.82) is 0 Å². The Labute approximate surface area is 127 Å². The highest BCUT2D eigenvalue weighted by Crippen LogP contribution is 2.29. The largest absolute Gasteiger partial charge is 0.493 e. The van der Waals surface area contributed by atoms with E-state index in [1.165, 1.54) is 0 Å². The highest BCUT2D eigenvalue weighted by Gasteiger charge is 2.21. The minimum absolute atomic E-state index is 0.0129. The molecule has 0 aliphatic rings. The van der Waals surface area contributed by atoms with E-state index >= 15 is 0 Å². The summed E-state index contributed by atoms with van der Waals surface area (Å²) in [5.74, 6) is 1.22. The van der Waals surface area contributed by atoms with Gasteiger partial charge in [0.25, 0.3) is 5.91 Å². The number of amides is 1. The third kappa shape index (κ3) is 4.63. The second kappa shape index (κ2) is 8.52. The van der Waals surface area contributed by atoms with Crippen LogP contribution < -0.4 is 14.8 Å². The van der Waals surface area contributed by atoms with Gasteiger partial charge in [0.2, 0.25) is 0 Å². The smallest absolute Gasteiger partial charge is 0.263 e. The van der Waals surface area contributed by atoms with Gasteiger partial charge in [-0.2, -0.15) is 0 Å². The van der Waals surface area contributed by atoms with Crippen molar-refractivity contribution < 1.29 is 14.3 Å². The van der Waals surface area contributed by atoms with Crippen LogP contribution in [-0.4, -0.2) is 44.2 Å². The predicted octanol–water partition coefficient (Wildman–Crippen LogP) is 2.05. The molecule has 21 heavy (non-hydrogen) atoms. The summed E-state index contributed by atoms with van der Waals surface area (Å²) < 4.78 is 11.1. The Hall–Kier alpha value is -1.75. The second-order valence-corrected chi connectivity index (χ2v) is 4.79. The van der Waals surface area contributed by atoms with Gasteiger partial charge >= 0.3 is 0 Å². The maximum absolute atomic E-state index is 12.3. The molecule has 0 spiro atoms. The molecule has 0 fully saturated rings. The van der Waals surface area contributed by atoms with Crippen molar-refractivity contribution in [2.75, 3.05) is 27.2 Å². The van der Waals surface area contributed by atoms with E-state index < -0.39 is 6.10 Å². The molecule has 1 atom stereocenters. The number of nitrogens with one attached hydrogen (secondary N) is 1. The lowest BCUT2D eigenvalue weighted by Crippen LogP contribution is -2.40. The Kier molecular flexibility index (Phi) is 7.02. The first-order valence-corrected chi connectivity index (χ1v) is 7.34. The van der Waals surface area contributed by atoms with Gasteiger partial charge < -0.3 is 19.7 Å². The Morgan fingerprint density at radius 2 is 1.95 bits per heavy atom. The molecule has 1 rings (SSSR count). The quantitative estimate of drug-likeness (QED) is 0.797. The molecular formula is C16H26N2O3. The molecule has 0 aromatic heterocycles. The molecule has 5 heteroatoms. The molecule has 1 aromatic carbocycles. The number of hydrogen-bond acceptors (Lipinski definition) is 4. The molecule has 1 aromatic rings. The lowest BCUT2D eigenvalue weighted by molar-refractivity contribution is -0.137. The van der Waals surface area contributed by atoms with Gasteiger partial charge in [-0.05, 0) is 45.5 Å². The first kappa shape index (κ1) is 17.3. The topological polar surface area (TPSA) is 50.8 Å². The summed E-state index contributed by atoms with van der Waals surface area (Å²) in [7, 11) is 3.48. The minimum atomic E-state index is -0.538. The third-order valence-electron chi connectivity index (χ3n) is 3.34. The fourth-order valence-electron chi connectivity index (χ4n) is 2.16. The predicted molar refractivity (Wildman–Crippen MR) is 83.8 cm³/mol. The summed E-state index contributed by atoms with van der Waals surface area (Å²) >= 11 is 0. The molecule has 1 amide bonds. The number of carbonyl (C=O) groups is 1. The Morgan fingerprint density at radius 3 is 2.48 bits per heavy atom. The third-order valence-corrected chi connectivity index (χ3v) is 3.34. The van der Waals surface area contributed by atoms with E-state index in [2.05, 4.69) is 5.32 Å². The molecule has 5 nitrogen and oxygen atoms in total. The van der Waals surface area contributed by atoms with Gasteiger partial charge in [0.1, 0.15) is 0 Å². The zero-order valence-electron chi connectivity index (χ0n) is 13.6. The molecular weight excluding hydrogens is 268 g/mol. The summed E-state index contributed by atoms with van der Waals surface area (Å²) in [5, 5.41) is 3.09. The van der Waals surface area contributed by atoms with Crippen LogP contribution in [0.3, 0.4) is 0 Å². The molecule has 1 unspecified atom stereocenters. The Balaban J connectivity index is 2.89. The zero-order chi connectivity index (χ0) is 15.8. The lowest BCUT2D eigenvalue weighted by atomic mass is 10.2. The average molecular weight is 294 g/mol. The number of carbonyl (C=O) groups excluding carboxylic acids is 1. The van der Waals surface area contributed by atoms with E-state index in [9.17, 15) is 4.79 Å². The highest BCUT2D eigenvalue weighted by atomic mass is 16.5. The van der Waals surface area contributed by atoms with Crippen LogP contribution in [0.25, 0.3) is 0 Å². The lowest BCUT2D eigenvalue weighted by Gasteiger charge is -2.24. The van der Waals surface area contributed by atoms with Crippen molar-refractivity contribution in [1.82, 2.24) is 10.2 Å². The van der Waals surface area contributed by atoms with Crippen molar-refractivity contribution in [3.05, 3.63) is 23.8 Å². The van der Waals surface area contributed by atoms with E-state index in [0.717, 1.165) is 12.1 Å². The first-order chi connectivity index (χ1) is 10.1. The number of likely N-dealkylation sites (N-methyl/N-ethyl adjacent to an activating group) is 1. The van der Waals surface area contributed by atoms with Crippen molar-refractivity contribution >= 4 is 5.91 Å². The number of benzene rings is 1. The first-order valence-electron chi connectivity index (χ1n) is 7.34. The second-order valence-electron chi connectivity index (χ2n) is 4.79. The number of ether oxygens (including phenoxy) is 2. The van der Waals surface area contributed by atoms with Crippen LogP contribution in [0.5, 0.6) is 11.5 Å². The molecule has 0 aliphatic heterocycles.